The van der Waals surface area contributed by atoms with Crippen molar-refractivity contribution in [1.29, 1.82) is 0 Å². The molecule has 3 nitrogen and oxygen atoms in total. The molecule has 0 amide bonds. The number of piperidine rings is 1. The van der Waals surface area contributed by atoms with Gasteiger partial charge in [-0.2, -0.15) is 0 Å². The van der Waals surface area contributed by atoms with E-state index >= 15 is 0 Å². The number of hydrogen-bond acceptors (Lipinski definition) is 2. The highest BCUT2D eigenvalue weighted by molar-refractivity contribution is 6.31. The first kappa shape index (κ1) is 13.6. The van der Waals surface area contributed by atoms with E-state index in [-0.39, 0.29) is 0 Å². The van der Waals surface area contributed by atoms with Crippen molar-refractivity contribution < 1.29 is 0 Å². The molecule has 2 aliphatic rings. The van der Waals surface area contributed by atoms with E-state index in [1.165, 1.54) is 56.4 Å². The van der Waals surface area contributed by atoms with E-state index in [4.69, 9.17) is 16.6 Å². The van der Waals surface area contributed by atoms with Crippen molar-refractivity contribution in [3.8, 4) is 0 Å². The lowest BCUT2D eigenvalue weighted by molar-refractivity contribution is 0.379. The third-order valence-corrected chi connectivity index (χ3v) is 5.00. The molecule has 0 bridgehead atoms. The largest absolute Gasteiger partial charge is 0.325 e. The summed E-state index contributed by atoms with van der Waals surface area (Å²) in [6.07, 6.45) is 8.87. The Bertz CT molecular complexity index is 639. The number of rotatable bonds is 4. The monoisotopic (exact) mass is 303 g/mol. The van der Waals surface area contributed by atoms with Crippen molar-refractivity contribution in [2.75, 3.05) is 6.54 Å². The lowest BCUT2D eigenvalue weighted by atomic mass is 10.0. The van der Waals surface area contributed by atoms with Crippen LogP contribution in [-0.4, -0.2) is 22.1 Å². The molecule has 4 heteroatoms. The van der Waals surface area contributed by atoms with Gasteiger partial charge in [-0.3, -0.25) is 0 Å². The minimum absolute atomic E-state index is 0.672. The molecule has 2 aromatic rings. The van der Waals surface area contributed by atoms with Gasteiger partial charge in [0.05, 0.1) is 11.0 Å². The lowest BCUT2D eigenvalue weighted by Gasteiger charge is -2.23. The number of aromatic nitrogens is 2. The first-order chi connectivity index (χ1) is 10.3. The van der Waals surface area contributed by atoms with Crippen molar-refractivity contribution in [3.63, 3.8) is 0 Å². The zero-order valence-corrected chi connectivity index (χ0v) is 13.1. The van der Waals surface area contributed by atoms with Gasteiger partial charge in [0.2, 0.25) is 0 Å². The van der Waals surface area contributed by atoms with Gasteiger partial charge >= 0.3 is 0 Å². The van der Waals surface area contributed by atoms with E-state index in [0.29, 0.717) is 12.1 Å². The van der Waals surface area contributed by atoms with Crippen molar-refractivity contribution in [1.82, 2.24) is 14.9 Å². The van der Waals surface area contributed by atoms with Crippen molar-refractivity contribution in [2.24, 2.45) is 0 Å². The molecule has 0 spiro atoms. The van der Waals surface area contributed by atoms with E-state index in [9.17, 15) is 0 Å². The second kappa shape index (κ2) is 5.62. The van der Waals surface area contributed by atoms with Crippen LogP contribution in [0, 0.1) is 0 Å². The third-order valence-electron chi connectivity index (χ3n) is 4.77. The van der Waals surface area contributed by atoms with Gasteiger partial charge in [-0.15, -0.1) is 0 Å². The van der Waals surface area contributed by atoms with E-state index in [2.05, 4.69) is 16.0 Å². The summed E-state index contributed by atoms with van der Waals surface area (Å²) in [5.74, 6) is 1.25. The Kier molecular flexibility index (Phi) is 3.64. The van der Waals surface area contributed by atoms with Crippen LogP contribution >= 0.6 is 11.6 Å². The van der Waals surface area contributed by atoms with E-state index in [0.717, 1.165) is 17.0 Å². The molecule has 1 aromatic heterocycles. The van der Waals surface area contributed by atoms with Gasteiger partial charge in [0.1, 0.15) is 5.82 Å². The number of aryl methyl sites for hydroxylation is 1. The van der Waals surface area contributed by atoms with E-state index in [1.54, 1.807) is 0 Å². The summed E-state index contributed by atoms with van der Waals surface area (Å²) >= 11 is 6.12. The molecular formula is C17H22ClN3. The fraction of sp³-hybridized carbons (Fsp3) is 0.588. The highest BCUT2D eigenvalue weighted by Gasteiger charge is 2.28. The Balaban J connectivity index is 1.59. The molecule has 21 heavy (non-hydrogen) atoms. The standard InChI is InChI=1S/C17H22ClN3/c18-12-4-8-16-15(11-12)20-17(21(16)14-6-7-14)9-5-13-3-1-2-10-19-13/h4,8,11,13-14,19H,1-3,5-7,9-10H2. The number of benzene rings is 1. The molecule has 1 atom stereocenters. The Morgan fingerprint density at radius 1 is 1.24 bits per heavy atom. The predicted molar refractivity (Wildman–Crippen MR) is 87.0 cm³/mol. The lowest BCUT2D eigenvalue weighted by Crippen LogP contribution is -2.34. The molecule has 2 fully saturated rings. The van der Waals surface area contributed by atoms with Crippen LogP contribution in [-0.2, 0) is 6.42 Å². The van der Waals surface area contributed by atoms with Crippen LogP contribution in [0.5, 0.6) is 0 Å². The summed E-state index contributed by atoms with van der Waals surface area (Å²) < 4.78 is 2.47. The number of fused-ring (bicyclic) bond motifs is 1. The molecule has 0 radical (unpaired) electrons. The zero-order chi connectivity index (χ0) is 14.2. The maximum atomic E-state index is 6.12. The van der Waals surface area contributed by atoms with Gasteiger partial charge in [-0.05, 0) is 56.8 Å². The van der Waals surface area contributed by atoms with Crippen molar-refractivity contribution in [3.05, 3.63) is 29.0 Å². The fourth-order valence-corrected chi connectivity index (χ4v) is 3.68. The average molecular weight is 304 g/mol. The number of nitrogens with one attached hydrogen (secondary N) is 1. The SMILES string of the molecule is Clc1ccc2c(c1)nc(CCC1CCCCN1)n2C1CC1. The highest BCUT2D eigenvalue weighted by atomic mass is 35.5. The molecule has 1 aliphatic heterocycles. The van der Waals surface area contributed by atoms with Gasteiger partial charge in [0.25, 0.3) is 0 Å². The maximum absolute atomic E-state index is 6.12. The van der Waals surface area contributed by atoms with Crippen LogP contribution in [0.2, 0.25) is 5.02 Å². The van der Waals surface area contributed by atoms with Crippen molar-refractivity contribution in [2.45, 2.75) is 57.0 Å². The van der Waals surface area contributed by atoms with E-state index in [1.807, 2.05) is 12.1 Å². The number of imidazole rings is 1. The first-order valence-corrected chi connectivity index (χ1v) is 8.59. The van der Waals surface area contributed by atoms with Gasteiger partial charge in [0.15, 0.2) is 0 Å². The Labute approximate surface area is 130 Å². The summed E-state index contributed by atoms with van der Waals surface area (Å²) in [4.78, 5) is 4.87. The highest BCUT2D eigenvalue weighted by Crippen LogP contribution is 2.39. The van der Waals surface area contributed by atoms with Gasteiger partial charge in [0, 0.05) is 23.5 Å². The predicted octanol–water partition coefficient (Wildman–Crippen LogP) is 4.10. The van der Waals surface area contributed by atoms with Crippen LogP contribution in [0.15, 0.2) is 18.2 Å². The molecule has 1 aromatic carbocycles. The zero-order valence-electron chi connectivity index (χ0n) is 12.3. The van der Waals surface area contributed by atoms with Crippen LogP contribution in [0.25, 0.3) is 11.0 Å². The Morgan fingerprint density at radius 2 is 2.14 bits per heavy atom. The normalized spacial score (nSPS) is 22.8. The molecule has 1 saturated heterocycles. The third kappa shape index (κ3) is 2.82. The molecular weight excluding hydrogens is 282 g/mol. The Hall–Kier alpha value is -1.06. The second-order valence-corrected chi connectivity index (χ2v) is 6.88. The van der Waals surface area contributed by atoms with Crippen LogP contribution < -0.4 is 5.32 Å². The van der Waals surface area contributed by atoms with E-state index < -0.39 is 0 Å². The van der Waals surface area contributed by atoms with Crippen molar-refractivity contribution >= 4 is 22.6 Å². The minimum atomic E-state index is 0.672. The average Bonchev–Trinajstić information content (AvgIpc) is 3.27. The summed E-state index contributed by atoms with van der Waals surface area (Å²) in [6, 6.07) is 7.46. The second-order valence-electron chi connectivity index (χ2n) is 6.45. The molecule has 1 unspecified atom stereocenters. The topological polar surface area (TPSA) is 29.9 Å². The summed E-state index contributed by atoms with van der Waals surface area (Å²) in [5.41, 5.74) is 2.31. The quantitative estimate of drug-likeness (QED) is 0.921. The Morgan fingerprint density at radius 3 is 2.90 bits per heavy atom. The molecule has 1 N–H and O–H groups in total. The summed E-state index contributed by atoms with van der Waals surface area (Å²) in [5, 5.41) is 4.42. The number of nitrogens with zero attached hydrogens (tertiary/aromatic N) is 2. The van der Waals surface area contributed by atoms with Crippen LogP contribution in [0.1, 0.15) is 50.4 Å². The minimum Gasteiger partial charge on any atom is -0.325 e. The fourth-order valence-electron chi connectivity index (χ4n) is 3.51. The molecule has 112 valence electrons. The van der Waals surface area contributed by atoms with Gasteiger partial charge in [-0.1, -0.05) is 18.0 Å². The summed E-state index contributed by atoms with van der Waals surface area (Å²) in [6.45, 7) is 1.18. The molecule has 4 rings (SSSR count). The maximum Gasteiger partial charge on any atom is 0.110 e. The van der Waals surface area contributed by atoms with Gasteiger partial charge in [-0.25, -0.2) is 4.98 Å². The smallest absolute Gasteiger partial charge is 0.110 e. The molecule has 1 saturated carbocycles. The number of halogens is 1. The number of hydrogen-bond donors (Lipinski definition) is 1. The summed E-state index contributed by atoms with van der Waals surface area (Å²) in [7, 11) is 0. The van der Waals surface area contributed by atoms with Gasteiger partial charge < -0.3 is 9.88 Å². The van der Waals surface area contributed by atoms with Crippen LogP contribution in [0.3, 0.4) is 0 Å². The first-order valence-electron chi connectivity index (χ1n) is 8.21. The van der Waals surface area contributed by atoms with Crippen LogP contribution in [0.4, 0.5) is 0 Å². The molecule has 1 aliphatic carbocycles. The molecule has 2 heterocycles.